The van der Waals surface area contributed by atoms with Crippen LogP contribution in [0.25, 0.3) is 0 Å². The predicted octanol–water partition coefficient (Wildman–Crippen LogP) is 4.85. The van der Waals surface area contributed by atoms with Crippen LogP contribution < -0.4 is 0 Å². The van der Waals surface area contributed by atoms with Crippen molar-refractivity contribution >= 4 is 5.71 Å². The summed E-state index contributed by atoms with van der Waals surface area (Å²) in [7, 11) is 1.59. The van der Waals surface area contributed by atoms with Crippen LogP contribution in [0, 0.1) is 30.1 Å². The van der Waals surface area contributed by atoms with Gasteiger partial charge in [0.25, 0.3) is 0 Å². The Morgan fingerprint density at radius 1 is 1.41 bits per heavy atom. The second-order valence-corrected chi connectivity index (χ2v) is 4.87. The molecule has 0 atom stereocenters. The molecule has 0 aromatic rings. The van der Waals surface area contributed by atoms with E-state index >= 15 is 0 Å². The third-order valence-corrected chi connectivity index (χ3v) is 3.22. The van der Waals surface area contributed by atoms with E-state index in [1.54, 1.807) is 7.11 Å². The zero-order chi connectivity index (χ0) is 16.3. The molecule has 22 heavy (non-hydrogen) atoms. The average molecular weight is 556 g/mol. The summed E-state index contributed by atoms with van der Waals surface area (Å²) in [6, 6.07) is 2.37. The number of halogens is 3. The standard InChI is InChI=1S/C12H19N2O.C3H4F3.Es/c1-3-4-11(9-13)10-5-7-12(8-6-10)14-15-2;1-2-3(4,5)6;/h10H,3-8H2,1-2H3;1-2H2;/q2*-1;. The Labute approximate surface area is 125 Å². The summed E-state index contributed by atoms with van der Waals surface area (Å²) in [5.74, 6) is 1.57. The van der Waals surface area contributed by atoms with Crippen molar-refractivity contribution in [1.29, 1.82) is 5.26 Å². The van der Waals surface area contributed by atoms with Crippen LogP contribution in [0.2, 0.25) is 0 Å². The van der Waals surface area contributed by atoms with Crippen molar-refractivity contribution in [1.82, 2.24) is 0 Å². The molecule has 1 aliphatic carbocycles. The molecule has 1 fully saturated rings. The Hall–Kier alpha value is -2.38. The van der Waals surface area contributed by atoms with Crippen LogP contribution in [0.5, 0.6) is 0 Å². The summed E-state index contributed by atoms with van der Waals surface area (Å²) in [4.78, 5) is 4.77. The van der Waals surface area contributed by atoms with E-state index in [9.17, 15) is 13.2 Å². The molecule has 0 unspecified atom stereocenters. The Balaban J connectivity index is 0. The number of rotatable bonds is 4. The smallest absolute Gasteiger partial charge is 0.363 e. The SMILES string of the molecule is CCC[C-](C#N)C1CCC(=NOC)CC1.[CH2-]CC(F)(F)F.[Es]. The minimum Gasteiger partial charge on any atom is -0.399 e. The molecule has 0 heterocycles. The normalized spacial score (nSPS) is 17.3. The van der Waals surface area contributed by atoms with E-state index in [1.807, 2.05) is 0 Å². The molecule has 0 aliphatic heterocycles. The van der Waals surface area contributed by atoms with Crippen LogP contribution in [-0.2, 0) is 4.84 Å². The fraction of sp³-hybridized carbons (Fsp3) is 0.733. The fourth-order valence-corrected chi connectivity index (χ4v) is 2.14. The average Bonchev–Trinajstić information content (AvgIpc) is 2.46. The number of oxime groups is 1. The molecule has 0 saturated heterocycles. The summed E-state index contributed by atoms with van der Waals surface area (Å²) in [6.45, 7) is 4.75. The van der Waals surface area contributed by atoms with E-state index in [1.165, 1.54) is 0 Å². The van der Waals surface area contributed by atoms with E-state index in [-0.39, 0.29) is 0 Å². The number of hydrogen-bond acceptors (Lipinski definition) is 3. The van der Waals surface area contributed by atoms with Gasteiger partial charge in [-0.2, -0.15) is 19.6 Å². The van der Waals surface area contributed by atoms with Gasteiger partial charge in [-0.25, -0.2) is 5.26 Å². The van der Waals surface area contributed by atoms with Gasteiger partial charge in [-0.05, 0) is 12.8 Å². The molecule has 0 amide bonds. The molecule has 1 radical (unpaired) electrons. The van der Waals surface area contributed by atoms with Crippen molar-refractivity contribution < 1.29 is 18.0 Å². The summed E-state index contributed by atoms with van der Waals surface area (Å²) in [5.41, 5.74) is 1.14. The minimum absolute atomic E-state index is 0. The summed E-state index contributed by atoms with van der Waals surface area (Å²) in [6.07, 6.45) is 1.06. The quantitative estimate of drug-likeness (QED) is 0.367. The molecule has 3 nitrogen and oxygen atoms in total. The Morgan fingerprint density at radius 3 is 2.23 bits per heavy atom. The second kappa shape index (κ2) is 11.3. The van der Waals surface area contributed by atoms with Crippen molar-refractivity contribution in [2.24, 2.45) is 11.1 Å². The first-order valence-electron chi connectivity index (χ1n) is 7.08. The van der Waals surface area contributed by atoms with Crippen molar-refractivity contribution in [3.63, 3.8) is 0 Å². The third kappa shape index (κ3) is 9.51. The van der Waals surface area contributed by atoms with Crippen molar-refractivity contribution in [2.45, 2.75) is 58.0 Å². The van der Waals surface area contributed by atoms with Crippen LogP contribution in [0.15, 0.2) is 5.16 Å². The van der Waals surface area contributed by atoms with E-state index < -0.39 is 12.6 Å². The number of nitrogens with zero attached hydrogens (tertiary/aromatic N) is 2. The number of alkyl halides is 3. The molecule has 1 rings (SSSR count). The van der Waals surface area contributed by atoms with Crippen molar-refractivity contribution in [2.75, 3.05) is 7.11 Å². The van der Waals surface area contributed by atoms with Crippen molar-refractivity contribution in [3.05, 3.63) is 12.8 Å². The van der Waals surface area contributed by atoms with Crippen LogP contribution in [0.3, 0.4) is 0 Å². The molecule has 0 aromatic heterocycles. The Kier molecular flexibility index (Phi) is 11.3. The first-order valence-corrected chi connectivity index (χ1v) is 7.08. The van der Waals surface area contributed by atoms with Gasteiger partial charge in [0.15, 0.2) is 0 Å². The van der Waals surface area contributed by atoms with Crippen LogP contribution in [-0.4, -0.2) is 19.0 Å². The topological polar surface area (TPSA) is 45.4 Å². The van der Waals surface area contributed by atoms with Gasteiger partial charge in [-0.1, -0.05) is 37.8 Å². The molecule has 0 N–H and O–H groups in total. The molecule has 1 aliphatic rings. The van der Waals surface area contributed by atoms with Gasteiger partial charge >= 0.3 is 6.18 Å². The van der Waals surface area contributed by atoms with E-state index in [0.717, 1.165) is 50.2 Å². The third-order valence-electron chi connectivity index (χ3n) is 3.22. The molecule has 1 saturated carbocycles. The molecule has 0 bridgehead atoms. The van der Waals surface area contributed by atoms with Gasteiger partial charge in [0, 0.05) is 0 Å². The summed E-state index contributed by atoms with van der Waals surface area (Å²) < 4.78 is 32.2. The fourth-order valence-electron chi connectivity index (χ4n) is 2.14. The number of nitriles is 1. The van der Waals surface area contributed by atoms with E-state index in [2.05, 4.69) is 25.1 Å². The number of hydrogen-bond donors (Lipinski definition) is 0. The maximum atomic E-state index is 10.7. The largest absolute Gasteiger partial charge is 0.399 e. The molecule has 7 heteroatoms. The molecule has 0 aromatic carbocycles. The maximum absolute atomic E-state index is 10.7. The molecular weight excluding hydrogens is 533 g/mol. The van der Waals surface area contributed by atoms with Gasteiger partial charge in [0.2, 0.25) is 0 Å². The zero-order valence-electron chi connectivity index (χ0n) is 13.0. The van der Waals surface area contributed by atoms with Gasteiger partial charge < -0.3 is 11.8 Å². The molecule has 0 spiro atoms. The van der Waals surface area contributed by atoms with Gasteiger partial charge in [-0.15, -0.1) is 12.0 Å². The Bertz CT molecular complexity index is 344. The van der Waals surface area contributed by atoms with Gasteiger partial charge in [0.1, 0.15) is 7.11 Å². The van der Waals surface area contributed by atoms with E-state index in [0.29, 0.717) is 5.92 Å². The van der Waals surface area contributed by atoms with Crippen LogP contribution >= 0.6 is 0 Å². The van der Waals surface area contributed by atoms with Gasteiger partial charge in [-0.3, -0.25) is 5.92 Å². The first-order chi connectivity index (χ1) is 9.87. The van der Waals surface area contributed by atoms with E-state index in [4.69, 9.17) is 10.1 Å². The second-order valence-electron chi connectivity index (χ2n) is 4.87. The first kappa shape index (κ1) is 21.9. The predicted molar refractivity (Wildman–Crippen MR) is 76.2 cm³/mol. The minimum atomic E-state index is -4.07. The van der Waals surface area contributed by atoms with Gasteiger partial charge in [0.05, 0.1) is 5.71 Å². The van der Waals surface area contributed by atoms with Crippen LogP contribution in [0.1, 0.15) is 51.9 Å². The summed E-state index contributed by atoms with van der Waals surface area (Å²) >= 11 is 0. The Morgan fingerprint density at radius 2 is 1.91 bits per heavy atom. The zero-order valence-corrected chi connectivity index (χ0v) is 15.5. The maximum Gasteiger partial charge on any atom is 0.363 e. The molecular formula is C15H23EsF3N2O-2. The molecule has 133 valence electrons. The summed E-state index contributed by atoms with van der Waals surface area (Å²) in [5, 5.41) is 13.0. The van der Waals surface area contributed by atoms with Crippen LogP contribution in [0.4, 0.5) is 13.2 Å². The monoisotopic (exact) mass is 556 g/mol. The van der Waals surface area contributed by atoms with Crippen molar-refractivity contribution in [3.8, 4) is 6.07 Å².